The number of halogens is 2. The van der Waals surface area contributed by atoms with Crippen molar-refractivity contribution in [2.75, 3.05) is 4.90 Å². The van der Waals surface area contributed by atoms with E-state index in [2.05, 4.69) is 15.1 Å². The molecule has 1 aliphatic rings. The number of allylic oxidation sites excluding steroid dienone is 3. The van der Waals surface area contributed by atoms with Gasteiger partial charge in [0.15, 0.2) is 5.65 Å². The highest BCUT2D eigenvalue weighted by Gasteiger charge is 2.16. The molecule has 0 spiro atoms. The van der Waals surface area contributed by atoms with Crippen molar-refractivity contribution in [3.63, 3.8) is 0 Å². The highest BCUT2D eigenvalue weighted by molar-refractivity contribution is 7.99. The molecule has 0 atom stereocenters. The van der Waals surface area contributed by atoms with Crippen molar-refractivity contribution in [2.45, 2.75) is 9.79 Å². The average molecular weight is 403 g/mol. The average Bonchev–Trinajstić information content (AvgIpc) is 3.03. The molecule has 4 rings (SSSR count). The summed E-state index contributed by atoms with van der Waals surface area (Å²) in [4.78, 5) is 12.4. The van der Waals surface area contributed by atoms with Crippen LogP contribution in [0, 0.1) is 0 Å². The monoisotopic (exact) mass is 402 g/mol. The van der Waals surface area contributed by atoms with Gasteiger partial charge in [-0.1, -0.05) is 41.0 Å². The van der Waals surface area contributed by atoms with Crippen LogP contribution >= 0.6 is 35.0 Å². The molecule has 130 valence electrons. The van der Waals surface area contributed by atoms with Crippen LogP contribution in [-0.4, -0.2) is 19.6 Å². The van der Waals surface area contributed by atoms with Crippen molar-refractivity contribution >= 4 is 46.6 Å². The number of hydrogen-bond donors (Lipinski definition) is 1. The number of rotatable bonds is 3. The topological polar surface area (TPSA) is 72.3 Å². The predicted octanol–water partition coefficient (Wildman–Crippen LogP) is 4.27. The minimum atomic E-state index is 0.501. The summed E-state index contributed by atoms with van der Waals surface area (Å²) in [6.45, 7) is 0. The summed E-state index contributed by atoms with van der Waals surface area (Å²) >= 11 is 13.8. The summed E-state index contributed by atoms with van der Waals surface area (Å²) in [6.07, 6.45) is 12.3. The summed E-state index contributed by atoms with van der Waals surface area (Å²) in [6, 6.07) is 5.50. The zero-order valence-electron chi connectivity index (χ0n) is 13.3. The zero-order valence-corrected chi connectivity index (χ0v) is 15.6. The highest BCUT2D eigenvalue weighted by atomic mass is 35.5. The molecule has 26 heavy (non-hydrogen) atoms. The first-order chi connectivity index (χ1) is 12.6. The van der Waals surface area contributed by atoms with E-state index in [0.717, 1.165) is 9.79 Å². The van der Waals surface area contributed by atoms with Crippen molar-refractivity contribution < 1.29 is 0 Å². The van der Waals surface area contributed by atoms with Gasteiger partial charge in [-0.15, -0.1) is 0 Å². The summed E-state index contributed by atoms with van der Waals surface area (Å²) in [5.74, 6) is 0.592. The molecule has 0 bridgehead atoms. The quantitative estimate of drug-likeness (QED) is 0.704. The smallest absolute Gasteiger partial charge is 0.236 e. The number of nitrogens with two attached hydrogens (primary N) is 1. The lowest BCUT2D eigenvalue weighted by atomic mass is 10.4. The number of fused-ring (bicyclic) bond motifs is 1. The fourth-order valence-electron chi connectivity index (χ4n) is 2.37. The Hall–Kier alpha value is -2.48. The van der Waals surface area contributed by atoms with Gasteiger partial charge in [0.1, 0.15) is 6.33 Å². The third-order valence-electron chi connectivity index (χ3n) is 3.58. The third kappa shape index (κ3) is 3.16. The Labute approximate surface area is 163 Å². The van der Waals surface area contributed by atoms with Crippen molar-refractivity contribution in [1.29, 1.82) is 0 Å². The number of benzene rings is 1. The molecule has 1 aliphatic heterocycles. The van der Waals surface area contributed by atoms with E-state index >= 15 is 0 Å². The molecule has 0 saturated carbocycles. The van der Waals surface area contributed by atoms with Crippen LogP contribution in [0.3, 0.4) is 0 Å². The van der Waals surface area contributed by atoms with E-state index in [1.54, 1.807) is 28.9 Å². The number of nitrogens with zero attached hydrogens (tertiary/aromatic N) is 5. The lowest BCUT2D eigenvalue weighted by molar-refractivity contribution is 0.884. The maximum absolute atomic E-state index is 6.29. The molecule has 0 saturated heterocycles. The SMILES string of the molecule is NC1=CC=CN(c2ncc(Sc3cccc(Cl)c3Cl)c3ncnn23)C=C1. The van der Waals surface area contributed by atoms with Gasteiger partial charge in [0.05, 0.1) is 14.9 Å². The van der Waals surface area contributed by atoms with Gasteiger partial charge in [-0.25, -0.2) is 9.97 Å². The Balaban J connectivity index is 1.75. The van der Waals surface area contributed by atoms with Crippen LogP contribution < -0.4 is 10.6 Å². The maximum Gasteiger partial charge on any atom is 0.236 e. The fourth-order valence-corrected chi connectivity index (χ4v) is 3.76. The second-order valence-electron chi connectivity index (χ2n) is 5.30. The molecule has 9 heteroatoms. The number of anilines is 1. The fraction of sp³-hybridized carbons (Fsp3) is 0. The molecular weight excluding hydrogens is 391 g/mol. The Morgan fingerprint density at radius 2 is 1.96 bits per heavy atom. The minimum Gasteiger partial charge on any atom is -0.399 e. The van der Waals surface area contributed by atoms with Gasteiger partial charge in [0, 0.05) is 29.2 Å². The van der Waals surface area contributed by atoms with Crippen LogP contribution in [0.2, 0.25) is 10.0 Å². The lowest BCUT2D eigenvalue weighted by Crippen LogP contribution is -2.14. The van der Waals surface area contributed by atoms with E-state index in [0.29, 0.717) is 27.3 Å². The van der Waals surface area contributed by atoms with E-state index in [9.17, 15) is 0 Å². The summed E-state index contributed by atoms with van der Waals surface area (Å²) < 4.78 is 1.66. The van der Waals surface area contributed by atoms with E-state index in [4.69, 9.17) is 28.9 Å². The zero-order chi connectivity index (χ0) is 18.1. The maximum atomic E-state index is 6.29. The molecule has 2 aromatic heterocycles. The van der Waals surface area contributed by atoms with E-state index in [1.165, 1.54) is 18.1 Å². The van der Waals surface area contributed by atoms with E-state index in [-0.39, 0.29) is 0 Å². The second kappa shape index (κ2) is 7.03. The van der Waals surface area contributed by atoms with Crippen LogP contribution in [0.4, 0.5) is 5.95 Å². The highest BCUT2D eigenvalue weighted by Crippen LogP contribution is 2.38. The number of aromatic nitrogens is 4. The molecule has 0 unspecified atom stereocenters. The predicted molar refractivity (Wildman–Crippen MR) is 104 cm³/mol. The third-order valence-corrected chi connectivity index (χ3v) is 5.58. The molecule has 2 N–H and O–H groups in total. The largest absolute Gasteiger partial charge is 0.399 e. The first-order valence-corrected chi connectivity index (χ1v) is 9.12. The van der Waals surface area contributed by atoms with Crippen LogP contribution in [-0.2, 0) is 0 Å². The molecular formula is C17H12Cl2N6S. The van der Waals surface area contributed by atoms with Crippen molar-refractivity contribution in [3.05, 3.63) is 77.1 Å². The summed E-state index contributed by atoms with van der Waals surface area (Å²) in [5, 5.41) is 5.30. The molecule has 3 aromatic rings. The summed E-state index contributed by atoms with van der Waals surface area (Å²) in [7, 11) is 0. The van der Waals surface area contributed by atoms with E-state index < -0.39 is 0 Å². The van der Waals surface area contributed by atoms with Crippen LogP contribution in [0.15, 0.2) is 76.8 Å². The van der Waals surface area contributed by atoms with Gasteiger partial charge in [-0.2, -0.15) is 9.61 Å². The van der Waals surface area contributed by atoms with Crippen molar-refractivity contribution in [3.8, 4) is 0 Å². The van der Waals surface area contributed by atoms with Gasteiger partial charge >= 0.3 is 0 Å². The second-order valence-corrected chi connectivity index (χ2v) is 7.17. The Morgan fingerprint density at radius 3 is 2.85 bits per heavy atom. The van der Waals surface area contributed by atoms with Gasteiger partial charge in [0.25, 0.3) is 0 Å². The van der Waals surface area contributed by atoms with Crippen LogP contribution in [0.25, 0.3) is 5.65 Å². The molecule has 1 aromatic carbocycles. The van der Waals surface area contributed by atoms with Crippen LogP contribution in [0.5, 0.6) is 0 Å². The Bertz CT molecular complexity index is 1070. The van der Waals surface area contributed by atoms with Gasteiger partial charge in [0.2, 0.25) is 5.95 Å². The lowest BCUT2D eigenvalue weighted by Gasteiger charge is -2.15. The summed E-state index contributed by atoms with van der Waals surface area (Å²) in [5.41, 5.74) is 7.14. The molecule has 3 heterocycles. The molecule has 0 radical (unpaired) electrons. The van der Waals surface area contributed by atoms with Gasteiger partial charge in [-0.05, 0) is 30.4 Å². The first-order valence-electron chi connectivity index (χ1n) is 7.54. The molecule has 0 fully saturated rings. The van der Waals surface area contributed by atoms with E-state index in [1.807, 2.05) is 35.5 Å². The van der Waals surface area contributed by atoms with Crippen molar-refractivity contribution in [1.82, 2.24) is 19.6 Å². The minimum absolute atomic E-state index is 0.501. The Kier molecular flexibility index (Phi) is 4.58. The van der Waals surface area contributed by atoms with Gasteiger partial charge in [-0.3, -0.25) is 4.90 Å². The number of hydrogen-bond acceptors (Lipinski definition) is 6. The standard InChI is InChI=1S/C17H12Cl2N6S/c18-12-4-1-5-13(15(12)19)26-14-9-21-17(25-16(14)22-10-23-25)24-7-2-3-11(20)6-8-24/h1-10H,20H2. The molecule has 6 nitrogen and oxygen atoms in total. The normalized spacial score (nSPS) is 13.9. The molecule has 0 aliphatic carbocycles. The van der Waals surface area contributed by atoms with Crippen LogP contribution in [0.1, 0.15) is 0 Å². The van der Waals surface area contributed by atoms with Gasteiger partial charge < -0.3 is 5.73 Å². The first kappa shape index (κ1) is 17.0. The Morgan fingerprint density at radius 1 is 1.08 bits per heavy atom. The van der Waals surface area contributed by atoms with Crippen molar-refractivity contribution in [2.24, 2.45) is 5.73 Å². The molecule has 0 amide bonds.